The van der Waals surface area contributed by atoms with Crippen LogP contribution in [0.3, 0.4) is 0 Å². The van der Waals surface area contributed by atoms with Crippen molar-refractivity contribution in [3.8, 4) is 0 Å². The summed E-state index contributed by atoms with van der Waals surface area (Å²) in [4.78, 5) is 0. The van der Waals surface area contributed by atoms with Gasteiger partial charge in [-0.25, -0.2) is 0 Å². The Kier molecular flexibility index (Phi) is 3.71. The zero-order valence-corrected chi connectivity index (χ0v) is 8.38. The van der Waals surface area contributed by atoms with E-state index in [1.165, 1.54) is 5.56 Å². The third-order valence-electron chi connectivity index (χ3n) is 1.96. The van der Waals surface area contributed by atoms with Crippen LogP contribution in [0.4, 0.5) is 0 Å². The van der Waals surface area contributed by atoms with Crippen molar-refractivity contribution >= 4 is 0 Å². The van der Waals surface area contributed by atoms with E-state index < -0.39 is 0 Å². The number of aryl methyl sites for hydroxylation is 2. The molecule has 3 heteroatoms. The zero-order valence-electron chi connectivity index (χ0n) is 8.38. The van der Waals surface area contributed by atoms with E-state index in [0.29, 0.717) is 0 Å². The Morgan fingerprint density at radius 3 is 3.00 bits per heavy atom. The minimum Gasteiger partial charge on any atom is -0.312 e. The highest BCUT2D eigenvalue weighted by atomic mass is 15.2. The maximum Gasteiger partial charge on any atom is 0.0638 e. The van der Waals surface area contributed by atoms with Crippen molar-refractivity contribution < 1.29 is 0 Å². The highest BCUT2D eigenvalue weighted by molar-refractivity contribution is 5.14. The molecule has 0 bridgehead atoms. The van der Waals surface area contributed by atoms with Gasteiger partial charge in [-0.3, -0.25) is 4.68 Å². The predicted molar refractivity (Wildman–Crippen MR) is 54.5 cm³/mol. The van der Waals surface area contributed by atoms with Gasteiger partial charge in [0.2, 0.25) is 0 Å². The van der Waals surface area contributed by atoms with Gasteiger partial charge < -0.3 is 5.32 Å². The van der Waals surface area contributed by atoms with Gasteiger partial charge >= 0.3 is 0 Å². The summed E-state index contributed by atoms with van der Waals surface area (Å²) in [6.07, 6.45) is 4.98. The van der Waals surface area contributed by atoms with Crippen molar-refractivity contribution in [1.82, 2.24) is 15.1 Å². The first kappa shape index (κ1) is 9.99. The average molecular weight is 179 g/mol. The van der Waals surface area contributed by atoms with Gasteiger partial charge in [0.1, 0.15) is 0 Å². The summed E-state index contributed by atoms with van der Waals surface area (Å²) in [5.74, 6) is 0. The van der Waals surface area contributed by atoms with Crippen LogP contribution < -0.4 is 5.32 Å². The molecule has 13 heavy (non-hydrogen) atoms. The molecule has 0 saturated heterocycles. The fourth-order valence-corrected chi connectivity index (χ4v) is 1.25. The molecular formula is C10H17N3. The van der Waals surface area contributed by atoms with Crippen molar-refractivity contribution in [3.63, 3.8) is 0 Å². The standard InChI is InChI=1S/C10H17N3/c1-4-5-6-11-7-10-8-13(3)12-9(10)2/h4,8,11H,1,5-7H2,2-3H3. The van der Waals surface area contributed by atoms with Gasteiger partial charge in [0, 0.05) is 25.4 Å². The molecule has 3 nitrogen and oxygen atoms in total. The molecule has 1 rings (SSSR count). The summed E-state index contributed by atoms with van der Waals surface area (Å²) in [6.45, 7) is 7.58. The third-order valence-corrected chi connectivity index (χ3v) is 1.96. The molecule has 0 aliphatic heterocycles. The zero-order chi connectivity index (χ0) is 9.68. The van der Waals surface area contributed by atoms with E-state index in [-0.39, 0.29) is 0 Å². The second-order valence-corrected chi connectivity index (χ2v) is 3.17. The molecule has 0 amide bonds. The highest BCUT2D eigenvalue weighted by Gasteiger charge is 2.00. The van der Waals surface area contributed by atoms with Crippen LogP contribution in [0.2, 0.25) is 0 Å². The fourth-order valence-electron chi connectivity index (χ4n) is 1.25. The van der Waals surface area contributed by atoms with E-state index in [0.717, 1.165) is 25.2 Å². The Labute approximate surface area is 79.5 Å². The molecule has 0 spiro atoms. The molecule has 0 aliphatic rings. The molecule has 0 aliphatic carbocycles. The van der Waals surface area contributed by atoms with Crippen LogP contribution in [0.25, 0.3) is 0 Å². The number of nitrogens with zero attached hydrogens (tertiary/aromatic N) is 2. The van der Waals surface area contributed by atoms with Crippen LogP contribution in [0.1, 0.15) is 17.7 Å². The van der Waals surface area contributed by atoms with Gasteiger partial charge in [-0.2, -0.15) is 5.10 Å². The van der Waals surface area contributed by atoms with Crippen LogP contribution >= 0.6 is 0 Å². The molecule has 0 radical (unpaired) electrons. The van der Waals surface area contributed by atoms with Crippen molar-refractivity contribution in [1.29, 1.82) is 0 Å². The normalized spacial score (nSPS) is 10.3. The summed E-state index contributed by atoms with van der Waals surface area (Å²) in [7, 11) is 1.94. The minimum absolute atomic E-state index is 0.896. The first-order chi connectivity index (χ1) is 6.24. The average Bonchev–Trinajstić information content (AvgIpc) is 2.39. The van der Waals surface area contributed by atoms with Crippen molar-refractivity contribution in [2.45, 2.75) is 19.9 Å². The molecular weight excluding hydrogens is 162 g/mol. The smallest absolute Gasteiger partial charge is 0.0638 e. The molecule has 72 valence electrons. The van der Waals surface area contributed by atoms with Gasteiger partial charge in [0.05, 0.1) is 5.69 Å². The second kappa shape index (κ2) is 4.82. The first-order valence-electron chi connectivity index (χ1n) is 4.54. The van der Waals surface area contributed by atoms with E-state index in [1.807, 2.05) is 24.7 Å². The topological polar surface area (TPSA) is 29.9 Å². The summed E-state index contributed by atoms with van der Waals surface area (Å²) < 4.78 is 1.85. The Morgan fingerprint density at radius 2 is 2.46 bits per heavy atom. The summed E-state index contributed by atoms with van der Waals surface area (Å²) >= 11 is 0. The van der Waals surface area contributed by atoms with Crippen molar-refractivity contribution in [2.24, 2.45) is 7.05 Å². The molecule has 0 aromatic carbocycles. The second-order valence-electron chi connectivity index (χ2n) is 3.17. The monoisotopic (exact) mass is 179 g/mol. The molecule has 1 heterocycles. The Hall–Kier alpha value is -1.09. The van der Waals surface area contributed by atoms with Gasteiger partial charge in [-0.15, -0.1) is 6.58 Å². The quantitative estimate of drug-likeness (QED) is 0.547. The molecule has 1 aromatic rings. The predicted octanol–water partition coefficient (Wildman–Crippen LogP) is 1.39. The van der Waals surface area contributed by atoms with E-state index in [1.54, 1.807) is 0 Å². The maximum atomic E-state index is 4.27. The van der Waals surface area contributed by atoms with Crippen LogP contribution in [0.15, 0.2) is 18.9 Å². The van der Waals surface area contributed by atoms with Gasteiger partial charge in [0.15, 0.2) is 0 Å². The van der Waals surface area contributed by atoms with Crippen molar-refractivity contribution in [2.75, 3.05) is 6.54 Å². The molecule has 0 atom stereocenters. The number of hydrogen-bond acceptors (Lipinski definition) is 2. The number of hydrogen-bond donors (Lipinski definition) is 1. The molecule has 0 fully saturated rings. The molecule has 0 saturated carbocycles. The lowest BCUT2D eigenvalue weighted by molar-refractivity contribution is 0.693. The Balaban J connectivity index is 2.36. The van der Waals surface area contributed by atoms with Crippen LogP contribution in [-0.4, -0.2) is 16.3 Å². The summed E-state index contributed by atoms with van der Waals surface area (Å²) in [5, 5.41) is 7.60. The Bertz CT molecular complexity index is 276. The fraction of sp³-hybridized carbons (Fsp3) is 0.500. The molecule has 0 unspecified atom stereocenters. The Morgan fingerprint density at radius 1 is 1.69 bits per heavy atom. The van der Waals surface area contributed by atoms with E-state index >= 15 is 0 Å². The summed E-state index contributed by atoms with van der Waals surface area (Å²) in [6, 6.07) is 0. The largest absolute Gasteiger partial charge is 0.312 e. The SMILES string of the molecule is C=CCCNCc1cn(C)nc1C. The number of rotatable bonds is 5. The lowest BCUT2D eigenvalue weighted by atomic mass is 10.2. The van der Waals surface area contributed by atoms with Gasteiger partial charge in [-0.1, -0.05) is 6.08 Å². The van der Waals surface area contributed by atoms with E-state index in [2.05, 4.69) is 23.2 Å². The van der Waals surface area contributed by atoms with Crippen LogP contribution in [-0.2, 0) is 13.6 Å². The van der Waals surface area contributed by atoms with Crippen molar-refractivity contribution in [3.05, 3.63) is 30.1 Å². The molecule has 1 N–H and O–H groups in total. The van der Waals surface area contributed by atoms with Gasteiger partial charge in [0.25, 0.3) is 0 Å². The lowest BCUT2D eigenvalue weighted by Gasteiger charge is -2.00. The first-order valence-corrected chi connectivity index (χ1v) is 4.54. The van der Waals surface area contributed by atoms with E-state index in [4.69, 9.17) is 0 Å². The highest BCUT2D eigenvalue weighted by Crippen LogP contribution is 2.03. The number of aromatic nitrogens is 2. The van der Waals surface area contributed by atoms with Gasteiger partial charge in [-0.05, 0) is 19.9 Å². The van der Waals surface area contributed by atoms with E-state index in [9.17, 15) is 0 Å². The lowest BCUT2D eigenvalue weighted by Crippen LogP contribution is -2.14. The van der Waals surface area contributed by atoms with Crippen LogP contribution in [0, 0.1) is 6.92 Å². The molecule has 1 aromatic heterocycles. The maximum absolute atomic E-state index is 4.27. The number of nitrogens with one attached hydrogen (secondary N) is 1. The third kappa shape index (κ3) is 3.03. The minimum atomic E-state index is 0.896. The van der Waals surface area contributed by atoms with Crippen LogP contribution in [0.5, 0.6) is 0 Å². The summed E-state index contributed by atoms with van der Waals surface area (Å²) in [5.41, 5.74) is 2.38.